The lowest BCUT2D eigenvalue weighted by Gasteiger charge is -2.37. The molecule has 0 saturated carbocycles. The summed E-state index contributed by atoms with van der Waals surface area (Å²) in [5.41, 5.74) is 2.77. The van der Waals surface area contributed by atoms with Crippen molar-refractivity contribution in [2.24, 2.45) is 5.41 Å². The topological polar surface area (TPSA) is 29.3 Å². The molecule has 1 heterocycles. The first-order chi connectivity index (χ1) is 8.50. The summed E-state index contributed by atoms with van der Waals surface area (Å²) >= 11 is 0. The Balaban J connectivity index is 2.82. The lowest BCUT2D eigenvalue weighted by molar-refractivity contribution is 0.109. The van der Waals surface area contributed by atoms with Crippen LogP contribution in [0.5, 0.6) is 0 Å². The molecule has 0 bridgehead atoms. The summed E-state index contributed by atoms with van der Waals surface area (Å²) < 4.78 is 5.28. The molecule has 0 aliphatic heterocycles. The van der Waals surface area contributed by atoms with Gasteiger partial charge in [0.25, 0.3) is 0 Å². The largest absolute Gasteiger partial charge is 0.361 e. The lowest BCUT2D eigenvalue weighted by Crippen LogP contribution is -2.42. The zero-order valence-electron chi connectivity index (χ0n) is 13.9. The minimum absolute atomic E-state index is 0.154. The van der Waals surface area contributed by atoms with Gasteiger partial charge < -0.3 is 4.52 Å². The summed E-state index contributed by atoms with van der Waals surface area (Å²) in [7, 11) is 0. The van der Waals surface area contributed by atoms with E-state index in [1.54, 1.807) is 0 Å². The van der Waals surface area contributed by atoms with Crippen LogP contribution < -0.4 is 0 Å². The molecule has 0 unspecified atom stereocenters. The highest BCUT2D eigenvalue weighted by atomic mass is 16.5. The fraction of sp³-hybridized carbons (Fsp3) is 0.812. The number of aryl methyl sites for hydroxylation is 2. The van der Waals surface area contributed by atoms with Crippen molar-refractivity contribution in [1.29, 1.82) is 0 Å². The monoisotopic (exact) mass is 266 g/mol. The van der Waals surface area contributed by atoms with E-state index in [0.29, 0.717) is 5.41 Å². The van der Waals surface area contributed by atoms with Crippen LogP contribution in [0.2, 0.25) is 0 Å². The lowest BCUT2D eigenvalue weighted by atomic mass is 9.91. The fourth-order valence-corrected chi connectivity index (χ4v) is 2.04. The third-order valence-electron chi connectivity index (χ3n) is 3.61. The van der Waals surface area contributed by atoms with Crippen LogP contribution in [0, 0.1) is 19.3 Å². The highest BCUT2D eigenvalue weighted by Crippen LogP contribution is 2.25. The molecule has 0 aliphatic rings. The molecule has 0 radical (unpaired) electrons. The molecule has 1 aromatic rings. The van der Waals surface area contributed by atoms with E-state index in [0.717, 1.165) is 24.5 Å². The summed E-state index contributed by atoms with van der Waals surface area (Å²) in [6, 6.07) is 0. The molecule has 0 N–H and O–H groups in total. The van der Waals surface area contributed by atoms with Gasteiger partial charge in [0.15, 0.2) is 0 Å². The molecule has 0 saturated heterocycles. The summed E-state index contributed by atoms with van der Waals surface area (Å²) in [6.07, 6.45) is 1.19. The van der Waals surface area contributed by atoms with Crippen LogP contribution in [0.15, 0.2) is 4.52 Å². The van der Waals surface area contributed by atoms with Crippen molar-refractivity contribution in [3.63, 3.8) is 0 Å². The van der Waals surface area contributed by atoms with Gasteiger partial charge in [-0.3, -0.25) is 4.90 Å². The first-order valence-corrected chi connectivity index (χ1v) is 7.17. The quantitative estimate of drug-likeness (QED) is 0.812. The average Bonchev–Trinajstić information content (AvgIpc) is 2.51. The first kappa shape index (κ1) is 16.2. The molecule has 0 spiro atoms. The molecule has 0 atom stereocenters. The van der Waals surface area contributed by atoms with Crippen LogP contribution in [-0.4, -0.2) is 22.1 Å². The van der Waals surface area contributed by atoms with E-state index in [2.05, 4.69) is 51.6 Å². The fourth-order valence-electron chi connectivity index (χ4n) is 2.04. The molecule has 0 aromatic carbocycles. The summed E-state index contributed by atoms with van der Waals surface area (Å²) in [5.74, 6) is 0.947. The Morgan fingerprint density at radius 2 is 1.63 bits per heavy atom. The van der Waals surface area contributed by atoms with E-state index in [1.807, 2.05) is 13.8 Å². The number of hydrogen-bond donors (Lipinski definition) is 0. The van der Waals surface area contributed by atoms with Gasteiger partial charge in [0.2, 0.25) is 0 Å². The van der Waals surface area contributed by atoms with Crippen molar-refractivity contribution >= 4 is 0 Å². The van der Waals surface area contributed by atoms with Gasteiger partial charge in [-0.05, 0) is 53.0 Å². The average molecular weight is 266 g/mol. The molecule has 110 valence electrons. The van der Waals surface area contributed by atoms with E-state index in [1.165, 1.54) is 12.0 Å². The van der Waals surface area contributed by atoms with Gasteiger partial charge in [0.05, 0.1) is 5.69 Å². The maximum Gasteiger partial charge on any atom is 0.138 e. The molecule has 0 fully saturated rings. The SMILES string of the molecule is Cc1noc(C)c1CN(CCC(C)(C)C)C(C)(C)C. The number of nitrogens with zero attached hydrogens (tertiary/aromatic N) is 2. The van der Waals surface area contributed by atoms with E-state index >= 15 is 0 Å². The second-order valence-electron chi connectivity index (χ2n) is 7.71. The number of aromatic nitrogens is 1. The van der Waals surface area contributed by atoms with Crippen molar-refractivity contribution in [2.45, 2.75) is 73.9 Å². The number of hydrogen-bond acceptors (Lipinski definition) is 3. The summed E-state index contributed by atoms with van der Waals surface area (Å²) in [5, 5.41) is 4.06. The molecule has 0 amide bonds. The Kier molecular flexibility index (Phi) is 4.83. The maximum atomic E-state index is 5.28. The second kappa shape index (κ2) is 5.66. The Morgan fingerprint density at radius 1 is 1.05 bits per heavy atom. The van der Waals surface area contributed by atoms with Crippen LogP contribution in [0.25, 0.3) is 0 Å². The Bertz CT molecular complexity index is 388. The second-order valence-corrected chi connectivity index (χ2v) is 7.71. The van der Waals surface area contributed by atoms with Gasteiger partial charge in [0.1, 0.15) is 5.76 Å². The smallest absolute Gasteiger partial charge is 0.138 e. The minimum Gasteiger partial charge on any atom is -0.361 e. The molecule has 1 rings (SSSR count). The van der Waals surface area contributed by atoms with Crippen LogP contribution in [0.1, 0.15) is 65.0 Å². The third kappa shape index (κ3) is 4.98. The molecule has 3 nitrogen and oxygen atoms in total. The molecule has 0 aliphatic carbocycles. The maximum absolute atomic E-state index is 5.28. The highest BCUT2D eigenvalue weighted by Gasteiger charge is 2.25. The van der Waals surface area contributed by atoms with Crippen LogP contribution in [-0.2, 0) is 6.54 Å². The van der Waals surface area contributed by atoms with Crippen LogP contribution in [0.4, 0.5) is 0 Å². The van der Waals surface area contributed by atoms with Gasteiger partial charge >= 0.3 is 0 Å². The Morgan fingerprint density at radius 3 is 2.00 bits per heavy atom. The van der Waals surface area contributed by atoms with Gasteiger partial charge in [0, 0.05) is 17.6 Å². The minimum atomic E-state index is 0.154. The number of rotatable bonds is 4. The van der Waals surface area contributed by atoms with Crippen molar-refractivity contribution in [2.75, 3.05) is 6.54 Å². The predicted octanol–water partition coefficient (Wildman–Crippen LogP) is 4.33. The summed E-state index contributed by atoms with van der Waals surface area (Å²) in [6.45, 7) is 19.7. The van der Waals surface area contributed by atoms with Crippen molar-refractivity contribution in [3.05, 3.63) is 17.0 Å². The molecular weight excluding hydrogens is 236 g/mol. The first-order valence-electron chi connectivity index (χ1n) is 7.17. The normalized spacial score (nSPS) is 13.3. The van der Waals surface area contributed by atoms with Gasteiger partial charge in [-0.15, -0.1) is 0 Å². The Labute approximate surface area is 118 Å². The van der Waals surface area contributed by atoms with Gasteiger partial charge in [-0.1, -0.05) is 25.9 Å². The van der Waals surface area contributed by atoms with Crippen molar-refractivity contribution in [1.82, 2.24) is 10.1 Å². The highest BCUT2D eigenvalue weighted by molar-refractivity contribution is 5.20. The van der Waals surface area contributed by atoms with Crippen molar-refractivity contribution < 1.29 is 4.52 Å². The zero-order valence-corrected chi connectivity index (χ0v) is 13.9. The molecule has 3 heteroatoms. The van der Waals surface area contributed by atoms with Crippen LogP contribution >= 0.6 is 0 Å². The standard InChI is InChI=1S/C16H30N2O/c1-12-14(13(2)19-17-12)11-18(16(6,7)8)10-9-15(3,4)5/h9-11H2,1-8H3. The molecule has 19 heavy (non-hydrogen) atoms. The predicted molar refractivity (Wildman–Crippen MR) is 80.2 cm³/mol. The molecule has 1 aromatic heterocycles. The third-order valence-corrected chi connectivity index (χ3v) is 3.61. The van der Waals surface area contributed by atoms with E-state index in [-0.39, 0.29) is 5.54 Å². The summed E-state index contributed by atoms with van der Waals surface area (Å²) in [4.78, 5) is 2.52. The van der Waals surface area contributed by atoms with Gasteiger partial charge in [-0.25, -0.2) is 0 Å². The molecular formula is C16H30N2O. The van der Waals surface area contributed by atoms with Gasteiger partial charge in [-0.2, -0.15) is 0 Å². The van der Waals surface area contributed by atoms with Crippen molar-refractivity contribution in [3.8, 4) is 0 Å². The zero-order chi connectivity index (χ0) is 14.8. The Hall–Kier alpha value is -0.830. The van der Waals surface area contributed by atoms with E-state index in [4.69, 9.17) is 4.52 Å². The van der Waals surface area contributed by atoms with Crippen LogP contribution in [0.3, 0.4) is 0 Å². The van der Waals surface area contributed by atoms with E-state index in [9.17, 15) is 0 Å². The van der Waals surface area contributed by atoms with E-state index < -0.39 is 0 Å².